The van der Waals surface area contributed by atoms with E-state index in [1.165, 1.54) is 0 Å². The number of hydrogen-bond donors (Lipinski definition) is 0. The van der Waals surface area contributed by atoms with E-state index in [0.717, 1.165) is 19.3 Å². The lowest BCUT2D eigenvalue weighted by Gasteiger charge is -2.34. The Balaban J connectivity index is 4.46. The molecule has 0 bridgehead atoms. The van der Waals surface area contributed by atoms with Gasteiger partial charge < -0.3 is 0 Å². The van der Waals surface area contributed by atoms with Crippen molar-refractivity contribution in [2.24, 2.45) is 22.4 Å². The minimum atomic E-state index is -0.0186. The first-order valence-electron chi connectivity index (χ1n) is 6.21. The predicted molar refractivity (Wildman–Crippen MR) is 66.9 cm³/mol. The van der Waals surface area contributed by atoms with Gasteiger partial charge in [-0.15, -0.1) is 0 Å². The first kappa shape index (κ1) is 14.6. The smallest absolute Gasteiger partial charge is 0.0952 e. The molecule has 0 aromatic carbocycles. The molecule has 0 saturated heterocycles. The normalized spacial score (nSPS) is 18.3. The Bertz CT molecular complexity index is 189. The van der Waals surface area contributed by atoms with Gasteiger partial charge in [-0.25, -0.2) is 0 Å². The van der Waals surface area contributed by atoms with E-state index in [0.29, 0.717) is 11.8 Å². The maximum atomic E-state index is 10.9. The molecule has 0 aliphatic carbocycles. The maximum absolute atomic E-state index is 10.9. The van der Waals surface area contributed by atoms with Gasteiger partial charge in [0.1, 0.15) is 0 Å². The second-order valence-electron chi connectivity index (χ2n) is 5.55. The van der Waals surface area contributed by atoms with Gasteiger partial charge in [-0.2, -0.15) is 4.91 Å². The number of rotatable bonds is 7. The number of hydrogen-bond acceptors (Lipinski definition) is 2. The van der Waals surface area contributed by atoms with Gasteiger partial charge >= 0.3 is 0 Å². The predicted octanol–water partition coefficient (Wildman–Crippen LogP) is 4.63. The highest BCUT2D eigenvalue weighted by Crippen LogP contribution is 2.36. The molecule has 0 amide bonds. The summed E-state index contributed by atoms with van der Waals surface area (Å²) >= 11 is 0. The largest absolute Gasteiger partial charge is 0.151 e. The fourth-order valence-corrected chi connectivity index (χ4v) is 1.76. The third-order valence-electron chi connectivity index (χ3n) is 4.20. The lowest BCUT2D eigenvalue weighted by Crippen LogP contribution is -2.31. The zero-order chi connectivity index (χ0) is 12.1. The van der Waals surface area contributed by atoms with Crippen LogP contribution in [0.3, 0.4) is 0 Å². The van der Waals surface area contributed by atoms with Gasteiger partial charge in [0.25, 0.3) is 0 Å². The summed E-state index contributed by atoms with van der Waals surface area (Å²) in [6, 6.07) is -0.0186. The summed E-state index contributed by atoms with van der Waals surface area (Å²) in [5.41, 5.74) is 0.214. The van der Waals surface area contributed by atoms with E-state index >= 15 is 0 Å². The monoisotopic (exact) mass is 213 g/mol. The van der Waals surface area contributed by atoms with Crippen LogP contribution in [-0.2, 0) is 0 Å². The fraction of sp³-hybridized carbons (Fsp3) is 1.00. The van der Waals surface area contributed by atoms with Crippen LogP contribution in [0.15, 0.2) is 5.18 Å². The van der Waals surface area contributed by atoms with Gasteiger partial charge in [0.2, 0.25) is 0 Å². The van der Waals surface area contributed by atoms with E-state index in [4.69, 9.17) is 0 Å². The summed E-state index contributed by atoms with van der Waals surface area (Å²) in [5, 5.41) is 3.34. The zero-order valence-corrected chi connectivity index (χ0v) is 11.2. The first-order chi connectivity index (χ1) is 6.88. The zero-order valence-electron chi connectivity index (χ0n) is 11.2. The summed E-state index contributed by atoms with van der Waals surface area (Å²) in [6.45, 7) is 13.2. The second-order valence-corrected chi connectivity index (χ2v) is 5.55. The van der Waals surface area contributed by atoms with Gasteiger partial charge in [0.15, 0.2) is 0 Å². The van der Waals surface area contributed by atoms with E-state index < -0.39 is 0 Å². The molecule has 0 aromatic heterocycles. The molecule has 3 unspecified atom stereocenters. The highest BCUT2D eigenvalue weighted by molar-refractivity contribution is 4.84. The van der Waals surface area contributed by atoms with Crippen LogP contribution in [0.2, 0.25) is 0 Å². The van der Waals surface area contributed by atoms with Gasteiger partial charge in [-0.1, -0.05) is 59.6 Å². The summed E-state index contributed by atoms with van der Waals surface area (Å²) in [5.74, 6) is 0.969. The van der Waals surface area contributed by atoms with Crippen molar-refractivity contribution in [2.45, 2.75) is 66.8 Å². The van der Waals surface area contributed by atoms with E-state index in [-0.39, 0.29) is 11.5 Å². The van der Waals surface area contributed by atoms with Crippen LogP contribution in [0.25, 0.3) is 0 Å². The molecule has 0 rings (SSSR count). The second kappa shape index (κ2) is 6.24. The average Bonchev–Trinajstić information content (AvgIpc) is 2.24. The molecule has 0 aromatic rings. The first-order valence-corrected chi connectivity index (χ1v) is 6.21. The van der Waals surface area contributed by atoms with Gasteiger partial charge in [0, 0.05) is 0 Å². The van der Waals surface area contributed by atoms with Crippen molar-refractivity contribution in [3.63, 3.8) is 0 Å². The molecule has 0 saturated carbocycles. The average molecular weight is 213 g/mol. The van der Waals surface area contributed by atoms with E-state index in [1.807, 2.05) is 0 Å². The Morgan fingerprint density at radius 1 is 1.20 bits per heavy atom. The van der Waals surface area contributed by atoms with Crippen molar-refractivity contribution in [2.75, 3.05) is 0 Å². The van der Waals surface area contributed by atoms with E-state index in [1.54, 1.807) is 0 Å². The van der Waals surface area contributed by atoms with Crippen molar-refractivity contribution in [3.8, 4) is 0 Å². The van der Waals surface area contributed by atoms with Crippen LogP contribution in [0, 0.1) is 22.2 Å². The van der Waals surface area contributed by atoms with Crippen LogP contribution >= 0.6 is 0 Å². The van der Waals surface area contributed by atoms with Crippen molar-refractivity contribution in [1.82, 2.24) is 0 Å². The molecular formula is C13H27NO. The Labute approximate surface area is 94.8 Å². The summed E-state index contributed by atoms with van der Waals surface area (Å²) in [6.07, 6.45) is 3.16. The number of nitroso groups, excluding NO2 is 1. The molecule has 0 fully saturated rings. The van der Waals surface area contributed by atoms with Crippen molar-refractivity contribution >= 4 is 0 Å². The van der Waals surface area contributed by atoms with Crippen molar-refractivity contribution in [1.29, 1.82) is 0 Å². The minimum absolute atomic E-state index is 0.0186. The summed E-state index contributed by atoms with van der Waals surface area (Å²) < 4.78 is 0. The molecule has 2 heteroatoms. The van der Waals surface area contributed by atoms with E-state index in [9.17, 15) is 4.91 Å². The van der Waals surface area contributed by atoms with Crippen LogP contribution < -0.4 is 0 Å². The highest BCUT2D eigenvalue weighted by atomic mass is 16.3. The lowest BCUT2D eigenvalue weighted by atomic mass is 9.72. The molecule has 90 valence electrons. The van der Waals surface area contributed by atoms with Crippen LogP contribution in [-0.4, -0.2) is 6.04 Å². The molecule has 0 aliphatic heterocycles. The molecule has 0 aliphatic rings. The summed E-state index contributed by atoms with van der Waals surface area (Å²) in [4.78, 5) is 10.9. The quantitative estimate of drug-likeness (QED) is 0.567. The molecule has 2 nitrogen and oxygen atoms in total. The summed E-state index contributed by atoms with van der Waals surface area (Å²) in [7, 11) is 0. The Kier molecular flexibility index (Phi) is 6.07. The van der Waals surface area contributed by atoms with Crippen LogP contribution in [0.5, 0.6) is 0 Å². The van der Waals surface area contributed by atoms with Crippen LogP contribution in [0.1, 0.15) is 60.8 Å². The molecular weight excluding hydrogens is 186 g/mol. The molecule has 3 atom stereocenters. The van der Waals surface area contributed by atoms with Crippen LogP contribution in [0.4, 0.5) is 0 Å². The molecule has 0 radical (unpaired) electrons. The van der Waals surface area contributed by atoms with Crippen molar-refractivity contribution in [3.05, 3.63) is 4.91 Å². The topological polar surface area (TPSA) is 29.4 Å². The standard InChI is InChI=1S/C13H27NO/c1-7-10(3)9-12(14-15)11(4)13(5,6)8-2/h10-12H,7-9H2,1-6H3. The lowest BCUT2D eigenvalue weighted by molar-refractivity contribution is 0.173. The number of nitrogens with zero attached hydrogens (tertiary/aromatic N) is 1. The Morgan fingerprint density at radius 2 is 1.73 bits per heavy atom. The third-order valence-corrected chi connectivity index (χ3v) is 4.20. The Morgan fingerprint density at radius 3 is 2.07 bits per heavy atom. The molecule has 0 N–H and O–H groups in total. The SMILES string of the molecule is CCC(C)CC(N=O)C(C)C(C)(C)CC. The molecule has 0 spiro atoms. The third kappa shape index (κ3) is 4.31. The molecule has 0 heterocycles. The minimum Gasteiger partial charge on any atom is -0.151 e. The molecule has 15 heavy (non-hydrogen) atoms. The van der Waals surface area contributed by atoms with Gasteiger partial charge in [-0.3, -0.25) is 0 Å². The van der Waals surface area contributed by atoms with E-state index in [2.05, 4.69) is 46.7 Å². The highest BCUT2D eigenvalue weighted by Gasteiger charge is 2.32. The fourth-order valence-electron chi connectivity index (χ4n) is 1.76. The van der Waals surface area contributed by atoms with Gasteiger partial charge in [-0.05, 0) is 23.7 Å². The van der Waals surface area contributed by atoms with Crippen molar-refractivity contribution < 1.29 is 0 Å². The van der Waals surface area contributed by atoms with Gasteiger partial charge in [0.05, 0.1) is 6.04 Å². The Hall–Kier alpha value is -0.400. The maximum Gasteiger partial charge on any atom is 0.0952 e.